The number of carbonyl (C=O) groups excluding carboxylic acids is 1. The highest BCUT2D eigenvalue weighted by molar-refractivity contribution is 8.00. The second-order valence-electron chi connectivity index (χ2n) is 7.62. The van der Waals surface area contributed by atoms with E-state index in [0.29, 0.717) is 5.91 Å². The molecule has 0 saturated carbocycles. The molecule has 1 aromatic carbocycles. The third-order valence-corrected chi connectivity index (χ3v) is 7.21. The van der Waals surface area contributed by atoms with Crippen molar-refractivity contribution in [1.82, 2.24) is 9.80 Å². The zero-order valence-corrected chi connectivity index (χ0v) is 16.6. The van der Waals surface area contributed by atoms with Crippen molar-refractivity contribution in [3.05, 3.63) is 23.3 Å². The van der Waals surface area contributed by atoms with E-state index in [1.54, 1.807) is 0 Å². The number of nitrogens with zero attached hydrogens (tertiary/aromatic N) is 2. The molecule has 6 heteroatoms. The van der Waals surface area contributed by atoms with Crippen molar-refractivity contribution in [3.8, 4) is 0 Å². The Morgan fingerprint density at radius 2 is 1.88 bits per heavy atom. The molecule has 1 N–H and O–H groups in total. The molecule has 1 atom stereocenters. The third kappa shape index (κ3) is 3.59. The molecule has 0 radical (unpaired) electrons. The van der Waals surface area contributed by atoms with Crippen molar-refractivity contribution in [1.29, 1.82) is 0 Å². The molecule has 26 heavy (non-hydrogen) atoms. The number of benzene rings is 1. The summed E-state index contributed by atoms with van der Waals surface area (Å²) in [6.45, 7) is 9.52. The third-order valence-electron chi connectivity index (χ3n) is 5.80. The van der Waals surface area contributed by atoms with Crippen LogP contribution >= 0.6 is 11.8 Å². The molecule has 1 amide bonds. The summed E-state index contributed by atoms with van der Waals surface area (Å²) < 4.78 is 5.41. The number of hydrogen-bond acceptors (Lipinski definition) is 5. The Bertz CT molecular complexity index is 644. The van der Waals surface area contributed by atoms with Gasteiger partial charge in [0, 0.05) is 50.2 Å². The van der Waals surface area contributed by atoms with Crippen molar-refractivity contribution in [2.24, 2.45) is 5.92 Å². The van der Waals surface area contributed by atoms with Crippen molar-refractivity contribution in [3.63, 3.8) is 0 Å². The molecule has 3 heterocycles. The van der Waals surface area contributed by atoms with Gasteiger partial charge in [0.1, 0.15) is 5.50 Å². The molecule has 0 aliphatic carbocycles. The average molecular weight is 376 g/mol. The van der Waals surface area contributed by atoms with Crippen LogP contribution in [0, 0.1) is 19.8 Å². The first kappa shape index (κ1) is 18.1. The van der Waals surface area contributed by atoms with Crippen molar-refractivity contribution in [2.75, 3.05) is 44.7 Å². The van der Waals surface area contributed by atoms with Crippen molar-refractivity contribution < 1.29 is 9.53 Å². The Morgan fingerprint density at radius 3 is 2.65 bits per heavy atom. The number of aryl methyl sites for hydroxylation is 2. The molecule has 0 bridgehead atoms. The van der Waals surface area contributed by atoms with Crippen LogP contribution < -0.4 is 5.32 Å². The average Bonchev–Trinajstić information content (AvgIpc) is 2.98. The molecular formula is C20H29N3O2S. The van der Waals surface area contributed by atoms with Gasteiger partial charge in [-0.15, -0.1) is 0 Å². The van der Waals surface area contributed by atoms with E-state index in [1.165, 1.54) is 21.7 Å². The van der Waals surface area contributed by atoms with E-state index in [2.05, 4.69) is 41.1 Å². The first-order valence-corrected chi connectivity index (χ1v) is 10.7. The van der Waals surface area contributed by atoms with E-state index in [9.17, 15) is 4.79 Å². The normalized spacial score (nSPS) is 24.8. The number of thioether (sulfide) groups is 1. The van der Waals surface area contributed by atoms with E-state index >= 15 is 0 Å². The van der Waals surface area contributed by atoms with Gasteiger partial charge in [-0.25, -0.2) is 0 Å². The second kappa shape index (κ2) is 7.79. The number of hydrogen-bond donors (Lipinski definition) is 1. The fourth-order valence-electron chi connectivity index (χ4n) is 4.14. The molecule has 142 valence electrons. The number of ether oxygens (including phenoxy) is 1. The van der Waals surface area contributed by atoms with Gasteiger partial charge in [0.15, 0.2) is 0 Å². The van der Waals surface area contributed by atoms with Crippen LogP contribution in [0.5, 0.6) is 0 Å². The van der Waals surface area contributed by atoms with Gasteiger partial charge in [0.25, 0.3) is 0 Å². The maximum atomic E-state index is 12.8. The highest BCUT2D eigenvalue weighted by Gasteiger charge is 2.32. The lowest BCUT2D eigenvalue weighted by molar-refractivity contribution is -0.138. The number of rotatable bonds is 2. The first-order valence-electron chi connectivity index (χ1n) is 9.77. The Labute approximate surface area is 160 Å². The molecule has 5 nitrogen and oxygen atoms in total. The summed E-state index contributed by atoms with van der Waals surface area (Å²) in [5.41, 5.74) is 4.23. The van der Waals surface area contributed by atoms with Crippen LogP contribution in [0.15, 0.2) is 17.0 Å². The van der Waals surface area contributed by atoms with Gasteiger partial charge in [0.2, 0.25) is 5.91 Å². The lowest BCUT2D eigenvalue weighted by Crippen LogP contribution is -2.42. The number of carbonyl (C=O) groups is 1. The standard InChI is InChI=1S/C20H29N3O2S/c1-14-4-5-15(2)18-17(14)21-20(26-18)23-9-3-8-22(10-11-23)19(24)16-6-12-25-13-7-16/h4-5,16,20-21H,3,6-13H2,1-2H3. The van der Waals surface area contributed by atoms with Crippen molar-refractivity contribution in [2.45, 2.75) is 43.5 Å². The smallest absolute Gasteiger partial charge is 0.225 e. The fraction of sp³-hybridized carbons (Fsp3) is 0.650. The van der Waals surface area contributed by atoms with E-state index in [4.69, 9.17) is 4.74 Å². The SMILES string of the molecule is Cc1ccc(C)c2c1NC(N1CCCN(C(=O)C3CCOCC3)CC1)S2. The summed E-state index contributed by atoms with van der Waals surface area (Å²) >= 11 is 1.93. The summed E-state index contributed by atoms with van der Waals surface area (Å²) in [6, 6.07) is 4.41. The summed E-state index contributed by atoms with van der Waals surface area (Å²) in [7, 11) is 0. The number of fused-ring (bicyclic) bond motifs is 1. The molecule has 0 aromatic heterocycles. The zero-order chi connectivity index (χ0) is 18.1. The maximum absolute atomic E-state index is 12.8. The van der Waals surface area contributed by atoms with Gasteiger partial charge in [-0.3, -0.25) is 9.69 Å². The number of anilines is 1. The minimum atomic E-state index is 0.170. The van der Waals surface area contributed by atoms with Gasteiger partial charge in [-0.1, -0.05) is 23.9 Å². The molecular weight excluding hydrogens is 346 g/mol. The Morgan fingerprint density at radius 1 is 1.12 bits per heavy atom. The van der Waals surface area contributed by atoms with Gasteiger partial charge in [-0.05, 0) is 44.2 Å². The number of amides is 1. The Hall–Kier alpha value is -1.24. The predicted octanol–water partition coefficient (Wildman–Crippen LogP) is 3.07. The van der Waals surface area contributed by atoms with Crippen LogP contribution in [0.1, 0.15) is 30.4 Å². The van der Waals surface area contributed by atoms with Gasteiger partial charge in [-0.2, -0.15) is 0 Å². The molecule has 4 rings (SSSR count). The highest BCUT2D eigenvalue weighted by Crippen LogP contribution is 2.43. The monoisotopic (exact) mass is 375 g/mol. The van der Waals surface area contributed by atoms with Crippen LogP contribution in [0.2, 0.25) is 0 Å². The summed E-state index contributed by atoms with van der Waals surface area (Å²) in [6.07, 6.45) is 2.81. The van der Waals surface area contributed by atoms with Crippen LogP contribution in [0.25, 0.3) is 0 Å². The summed E-state index contributed by atoms with van der Waals surface area (Å²) in [5.74, 6) is 0.515. The van der Waals surface area contributed by atoms with Crippen LogP contribution in [0.4, 0.5) is 5.69 Å². The van der Waals surface area contributed by atoms with E-state index in [1.807, 2.05) is 11.8 Å². The molecule has 2 fully saturated rings. The molecule has 2 saturated heterocycles. The molecule has 3 aliphatic rings. The number of nitrogens with one attached hydrogen (secondary N) is 1. The van der Waals surface area contributed by atoms with Gasteiger partial charge in [0.05, 0.1) is 5.69 Å². The van der Waals surface area contributed by atoms with Crippen molar-refractivity contribution >= 4 is 23.4 Å². The fourth-order valence-corrected chi connectivity index (χ4v) is 5.49. The summed E-state index contributed by atoms with van der Waals surface area (Å²) in [5, 5.41) is 3.72. The van der Waals surface area contributed by atoms with Gasteiger partial charge < -0.3 is 15.0 Å². The minimum absolute atomic E-state index is 0.170. The Kier molecular flexibility index (Phi) is 5.43. The zero-order valence-electron chi connectivity index (χ0n) is 15.8. The van der Waals surface area contributed by atoms with Crippen LogP contribution in [-0.2, 0) is 9.53 Å². The lowest BCUT2D eigenvalue weighted by Gasteiger charge is -2.29. The first-order chi connectivity index (χ1) is 12.6. The Balaban J connectivity index is 1.38. The van der Waals surface area contributed by atoms with Crippen LogP contribution in [-0.4, -0.2) is 60.6 Å². The molecule has 1 aromatic rings. The van der Waals surface area contributed by atoms with Gasteiger partial charge >= 0.3 is 0 Å². The molecule has 1 unspecified atom stereocenters. The van der Waals surface area contributed by atoms with E-state index in [-0.39, 0.29) is 11.4 Å². The molecule has 3 aliphatic heterocycles. The molecule has 0 spiro atoms. The van der Waals surface area contributed by atoms with E-state index < -0.39 is 0 Å². The maximum Gasteiger partial charge on any atom is 0.225 e. The predicted molar refractivity (Wildman–Crippen MR) is 105 cm³/mol. The lowest BCUT2D eigenvalue weighted by atomic mass is 9.98. The topological polar surface area (TPSA) is 44.8 Å². The largest absolute Gasteiger partial charge is 0.381 e. The highest BCUT2D eigenvalue weighted by atomic mass is 32.2. The second-order valence-corrected chi connectivity index (χ2v) is 8.71. The minimum Gasteiger partial charge on any atom is -0.381 e. The quantitative estimate of drug-likeness (QED) is 0.861. The van der Waals surface area contributed by atoms with Crippen LogP contribution in [0.3, 0.4) is 0 Å². The van der Waals surface area contributed by atoms with E-state index in [0.717, 1.165) is 58.7 Å². The summed E-state index contributed by atoms with van der Waals surface area (Å²) in [4.78, 5) is 18.8.